The summed E-state index contributed by atoms with van der Waals surface area (Å²) in [6, 6.07) is 21.1. The lowest BCUT2D eigenvalue weighted by molar-refractivity contribution is 0.0248. The van der Waals surface area contributed by atoms with Gasteiger partial charge < -0.3 is 14.2 Å². The Labute approximate surface area is 160 Å². The van der Waals surface area contributed by atoms with Crippen molar-refractivity contribution in [3.05, 3.63) is 89.5 Å². The lowest BCUT2D eigenvalue weighted by Gasteiger charge is -2.36. The number of anilines is 1. The number of hydrogen-bond donors (Lipinski definition) is 0. The number of cyclic esters (lactones) is 1. The van der Waals surface area contributed by atoms with Gasteiger partial charge >= 0.3 is 5.97 Å². The van der Waals surface area contributed by atoms with Gasteiger partial charge in [-0.15, -0.1) is 0 Å². The second-order valence-corrected chi connectivity index (χ2v) is 6.43. The zero-order valence-corrected chi connectivity index (χ0v) is 14.7. The van der Waals surface area contributed by atoms with E-state index >= 15 is 0 Å². The molecule has 6 nitrogen and oxygen atoms in total. The van der Waals surface area contributed by atoms with Crippen molar-refractivity contribution < 1.29 is 23.8 Å². The highest BCUT2D eigenvalue weighted by Gasteiger charge is 2.38. The molecular formula is C22H15NO5. The van der Waals surface area contributed by atoms with Crippen LogP contribution in [0.1, 0.15) is 32.5 Å². The molecule has 1 unspecified atom stereocenters. The van der Waals surface area contributed by atoms with E-state index in [9.17, 15) is 9.59 Å². The first-order chi connectivity index (χ1) is 13.7. The predicted octanol–water partition coefficient (Wildman–Crippen LogP) is 3.93. The summed E-state index contributed by atoms with van der Waals surface area (Å²) in [4.78, 5) is 27.5. The summed E-state index contributed by atoms with van der Waals surface area (Å²) in [6.45, 7) is 0.138. The molecule has 0 fully saturated rings. The Balaban J connectivity index is 1.64. The minimum atomic E-state index is -0.912. The fourth-order valence-electron chi connectivity index (χ4n) is 3.42. The van der Waals surface area contributed by atoms with Crippen LogP contribution in [0.25, 0.3) is 0 Å². The Kier molecular flexibility index (Phi) is 3.76. The molecule has 138 valence electrons. The predicted molar refractivity (Wildman–Crippen MR) is 100 cm³/mol. The van der Waals surface area contributed by atoms with Gasteiger partial charge in [0.15, 0.2) is 11.5 Å². The third-order valence-corrected chi connectivity index (χ3v) is 4.76. The number of benzene rings is 3. The summed E-state index contributed by atoms with van der Waals surface area (Å²) in [5, 5.41) is 0. The number of para-hydroxylation sites is 1. The zero-order chi connectivity index (χ0) is 19.1. The minimum absolute atomic E-state index is 0.138. The Morgan fingerprint density at radius 1 is 0.893 bits per heavy atom. The summed E-state index contributed by atoms with van der Waals surface area (Å²) in [5.41, 5.74) is 1.98. The van der Waals surface area contributed by atoms with Gasteiger partial charge in [0.05, 0.1) is 11.3 Å². The fraction of sp³-hybridized carbons (Fsp3) is 0.0909. The molecule has 1 atom stereocenters. The number of carbonyl (C=O) groups excluding carboxylic acids is 2. The first-order valence-corrected chi connectivity index (χ1v) is 8.80. The normalized spacial score (nSPS) is 17.1. The molecule has 0 aliphatic carbocycles. The number of hydrogen-bond acceptors (Lipinski definition) is 5. The number of rotatable bonds is 2. The van der Waals surface area contributed by atoms with Crippen LogP contribution in [0.3, 0.4) is 0 Å². The van der Waals surface area contributed by atoms with E-state index in [0.717, 1.165) is 0 Å². The molecule has 28 heavy (non-hydrogen) atoms. The standard InChI is InChI=1S/C22H15NO5/c24-20(14-6-2-1-3-7-14)23-17-9-5-4-8-16(17)22(25)28-21(23)15-10-11-18-19(12-15)27-13-26-18/h1-12,21H,13H2. The molecule has 6 heteroatoms. The van der Waals surface area contributed by atoms with Crippen molar-refractivity contribution in [1.29, 1.82) is 0 Å². The third-order valence-electron chi connectivity index (χ3n) is 4.76. The van der Waals surface area contributed by atoms with E-state index in [1.54, 1.807) is 66.7 Å². The molecule has 0 radical (unpaired) electrons. The molecule has 0 spiro atoms. The number of nitrogens with zero attached hydrogens (tertiary/aromatic N) is 1. The molecule has 3 aromatic carbocycles. The summed E-state index contributed by atoms with van der Waals surface area (Å²) in [7, 11) is 0. The van der Waals surface area contributed by atoms with E-state index in [1.807, 2.05) is 6.07 Å². The first kappa shape index (κ1) is 16.4. The highest BCUT2D eigenvalue weighted by Crippen LogP contribution is 2.41. The molecule has 0 bridgehead atoms. The number of ether oxygens (including phenoxy) is 3. The Morgan fingerprint density at radius 2 is 1.64 bits per heavy atom. The van der Waals surface area contributed by atoms with Crippen molar-refractivity contribution >= 4 is 17.6 Å². The zero-order valence-electron chi connectivity index (χ0n) is 14.7. The molecule has 0 saturated heterocycles. The van der Waals surface area contributed by atoms with Crippen LogP contribution in [0.15, 0.2) is 72.8 Å². The van der Waals surface area contributed by atoms with Crippen molar-refractivity contribution in [3.63, 3.8) is 0 Å². The SMILES string of the molecule is O=C1OC(c2ccc3c(c2)OCO3)N(C(=O)c2ccccc2)c2ccccc21. The second kappa shape index (κ2) is 6.42. The third kappa shape index (κ3) is 2.58. The summed E-state index contributed by atoms with van der Waals surface area (Å²) < 4.78 is 16.5. The van der Waals surface area contributed by atoms with Crippen molar-refractivity contribution in [2.75, 3.05) is 11.7 Å². The lowest BCUT2D eigenvalue weighted by Crippen LogP contribution is -2.41. The topological polar surface area (TPSA) is 65.1 Å². The van der Waals surface area contributed by atoms with Gasteiger partial charge in [0.1, 0.15) is 0 Å². The van der Waals surface area contributed by atoms with E-state index < -0.39 is 12.2 Å². The summed E-state index contributed by atoms with van der Waals surface area (Å²) >= 11 is 0. The van der Waals surface area contributed by atoms with Gasteiger partial charge in [-0.3, -0.25) is 9.69 Å². The molecular weight excluding hydrogens is 358 g/mol. The van der Waals surface area contributed by atoms with Crippen molar-refractivity contribution in [1.82, 2.24) is 0 Å². The number of fused-ring (bicyclic) bond motifs is 2. The average Bonchev–Trinajstić information content (AvgIpc) is 3.22. The van der Waals surface area contributed by atoms with Gasteiger partial charge in [0.2, 0.25) is 13.0 Å². The van der Waals surface area contributed by atoms with Crippen LogP contribution in [-0.4, -0.2) is 18.7 Å². The second-order valence-electron chi connectivity index (χ2n) is 6.43. The van der Waals surface area contributed by atoms with Crippen molar-refractivity contribution in [2.45, 2.75) is 6.23 Å². The summed E-state index contributed by atoms with van der Waals surface area (Å²) in [6.07, 6.45) is -0.912. The van der Waals surface area contributed by atoms with Crippen LogP contribution in [0, 0.1) is 0 Å². The average molecular weight is 373 g/mol. The molecule has 3 aromatic rings. The Hall–Kier alpha value is -3.80. The van der Waals surface area contributed by atoms with Gasteiger partial charge in [0.25, 0.3) is 5.91 Å². The van der Waals surface area contributed by atoms with E-state index in [0.29, 0.717) is 33.9 Å². The maximum absolute atomic E-state index is 13.4. The van der Waals surface area contributed by atoms with Crippen LogP contribution in [-0.2, 0) is 4.74 Å². The highest BCUT2D eigenvalue weighted by molar-refractivity contribution is 6.11. The van der Waals surface area contributed by atoms with Gasteiger partial charge in [-0.05, 0) is 42.5 Å². The van der Waals surface area contributed by atoms with Gasteiger partial charge in [-0.25, -0.2) is 4.79 Å². The molecule has 0 N–H and O–H groups in total. The van der Waals surface area contributed by atoms with Crippen LogP contribution < -0.4 is 14.4 Å². The molecule has 1 amide bonds. The molecule has 0 saturated carbocycles. The van der Waals surface area contributed by atoms with E-state index in [-0.39, 0.29) is 12.7 Å². The molecule has 2 aliphatic heterocycles. The molecule has 2 heterocycles. The fourth-order valence-corrected chi connectivity index (χ4v) is 3.42. The molecule has 0 aromatic heterocycles. The Morgan fingerprint density at radius 3 is 2.50 bits per heavy atom. The van der Waals surface area contributed by atoms with Crippen molar-refractivity contribution in [3.8, 4) is 11.5 Å². The number of carbonyl (C=O) groups is 2. The maximum atomic E-state index is 13.4. The number of esters is 1. The molecule has 5 rings (SSSR count). The first-order valence-electron chi connectivity index (χ1n) is 8.80. The lowest BCUT2D eigenvalue weighted by atomic mass is 10.0. The van der Waals surface area contributed by atoms with Crippen LogP contribution in [0.5, 0.6) is 11.5 Å². The highest BCUT2D eigenvalue weighted by atomic mass is 16.7. The number of amides is 1. The van der Waals surface area contributed by atoms with Crippen molar-refractivity contribution in [2.24, 2.45) is 0 Å². The molecule has 2 aliphatic rings. The van der Waals surface area contributed by atoms with Crippen LogP contribution in [0.2, 0.25) is 0 Å². The van der Waals surface area contributed by atoms with Gasteiger partial charge in [0, 0.05) is 11.1 Å². The quantitative estimate of drug-likeness (QED) is 0.637. The monoisotopic (exact) mass is 373 g/mol. The maximum Gasteiger partial charge on any atom is 0.342 e. The smallest absolute Gasteiger partial charge is 0.342 e. The van der Waals surface area contributed by atoms with Gasteiger partial charge in [-0.2, -0.15) is 0 Å². The van der Waals surface area contributed by atoms with E-state index in [4.69, 9.17) is 14.2 Å². The largest absolute Gasteiger partial charge is 0.454 e. The van der Waals surface area contributed by atoms with Crippen LogP contribution >= 0.6 is 0 Å². The van der Waals surface area contributed by atoms with Gasteiger partial charge in [-0.1, -0.05) is 30.3 Å². The van der Waals surface area contributed by atoms with E-state index in [2.05, 4.69) is 0 Å². The summed E-state index contributed by atoms with van der Waals surface area (Å²) in [5.74, 6) is 0.435. The minimum Gasteiger partial charge on any atom is -0.454 e. The van der Waals surface area contributed by atoms with E-state index in [1.165, 1.54) is 4.90 Å². The Bertz CT molecular complexity index is 1080. The van der Waals surface area contributed by atoms with Crippen LogP contribution in [0.4, 0.5) is 5.69 Å².